The highest BCUT2D eigenvalue weighted by molar-refractivity contribution is 5.96. The lowest BCUT2D eigenvalue weighted by Gasteiger charge is -2.14. The molecule has 0 aromatic heterocycles. The minimum atomic E-state index is -1.03. The number of carbonyl (C=O) groups excluding carboxylic acids is 1. The highest BCUT2D eigenvalue weighted by Crippen LogP contribution is 2.02. The monoisotopic (exact) mass is 251 g/mol. The third-order valence-electron chi connectivity index (χ3n) is 2.48. The summed E-state index contributed by atoms with van der Waals surface area (Å²) >= 11 is 0. The van der Waals surface area contributed by atoms with Crippen LogP contribution >= 0.6 is 0 Å². The van der Waals surface area contributed by atoms with E-state index < -0.39 is 12.0 Å². The first kappa shape index (κ1) is 14.2. The zero-order chi connectivity index (χ0) is 13.4. The first-order chi connectivity index (χ1) is 8.65. The molecule has 98 valence electrons. The number of carboxylic acid groups (broad SMARTS) is 1. The Morgan fingerprint density at radius 3 is 2.56 bits per heavy atom. The van der Waals surface area contributed by atoms with E-state index in [1.165, 1.54) is 0 Å². The molecule has 2 N–H and O–H groups in total. The Bertz CT molecular complexity index is 391. The summed E-state index contributed by atoms with van der Waals surface area (Å²) in [4.78, 5) is 22.8. The Morgan fingerprint density at radius 1 is 1.33 bits per heavy atom. The van der Waals surface area contributed by atoms with Crippen molar-refractivity contribution in [1.29, 1.82) is 0 Å². The van der Waals surface area contributed by atoms with Gasteiger partial charge in [-0.1, -0.05) is 18.2 Å². The van der Waals surface area contributed by atoms with Crippen molar-refractivity contribution in [3.63, 3.8) is 0 Å². The molecular formula is C13H17NO4. The molecule has 0 saturated heterocycles. The third-order valence-corrected chi connectivity index (χ3v) is 2.48. The van der Waals surface area contributed by atoms with Crippen LogP contribution < -0.4 is 5.32 Å². The quantitative estimate of drug-likeness (QED) is 0.716. The second-order valence-electron chi connectivity index (χ2n) is 3.87. The number of ether oxygens (including phenoxy) is 1. The summed E-state index contributed by atoms with van der Waals surface area (Å²) in [5.74, 6) is -1.41. The van der Waals surface area contributed by atoms with E-state index in [-0.39, 0.29) is 5.91 Å². The summed E-state index contributed by atoms with van der Waals surface area (Å²) in [7, 11) is 1.55. The number of methoxy groups -OCH3 is 1. The van der Waals surface area contributed by atoms with Crippen LogP contribution in [0.3, 0.4) is 0 Å². The molecular weight excluding hydrogens is 234 g/mol. The summed E-state index contributed by atoms with van der Waals surface area (Å²) < 4.78 is 4.86. The first-order valence-corrected chi connectivity index (χ1v) is 5.73. The van der Waals surface area contributed by atoms with E-state index >= 15 is 0 Å². The van der Waals surface area contributed by atoms with Crippen LogP contribution in [0.5, 0.6) is 0 Å². The number of benzene rings is 1. The fourth-order valence-electron chi connectivity index (χ4n) is 1.52. The van der Waals surface area contributed by atoms with Gasteiger partial charge in [-0.25, -0.2) is 4.79 Å². The normalized spacial score (nSPS) is 11.8. The topological polar surface area (TPSA) is 75.6 Å². The van der Waals surface area contributed by atoms with Gasteiger partial charge < -0.3 is 15.2 Å². The lowest BCUT2D eigenvalue weighted by Crippen LogP contribution is -2.40. The average molecular weight is 251 g/mol. The molecule has 0 heterocycles. The first-order valence-electron chi connectivity index (χ1n) is 5.73. The highest BCUT2D eigenvalue weighted by Gasteiger charge is 2.19. The van der Waals surface area contributed by atoms with Crippen LogP contribution in [0.25, 0.3) is 0 Å². The zero-order valence-electron chi connectivity index (χ0n) is 10.3. The summed E-state index contributed by atoms with van der Waals surface area (Å²) in [6.07, 6.45) is 0.935. The van der Waals surface area contributed by atoms with Gasteiger partial charge in [-0.05, 0) is 25.0 Å². The van der Waals surface area contributed by atoms with E-state index in [1.807, 2.05) is 0 Å². The van der Waals surface area contributed by atoms with E-state index in [4.69, 9.17) is 9.84 Å². The maximum Gasteiger partial charge on any atom is 0.326 e. The molecule has 1 amide bonds. The number of hydrogen-bond acceptors (Lipinski definition) is 3. The molecule has 18 heavy (non-hydrogen) atoms. The van der Waals surface area contributed by atoms with Crippen LogP contribution in [0.1, 0.15) is 23.2 Å². The molecule has 0 spiro atoms. The van der Waals surface area contributed by atoms with Crippen molar-refractivity contribution in [2.75, 3.05) is 13.7 Å². The third kappa shape index (κ3) is 4.55. The Morgan fingerprint density at radius 2 is 2.00 bits per heavy atom. The van der Waals surface area contributed by atoms with Crippen LogP contribution in [0.2, 0.25) is 0 Å². The number of carbonyl (C=O) groups is 2. The molecule has 0 aliphatic heterocycles. The number of amides is 1. The van der Waals surface area contributed by atoms with Crippen LogP contribution in [0.15, 0.2) is 30.3 Å². The number of rotatable bonds is 7. The SMILES string of the molecule is COCCCC(NC(=O)c1ccccc1)C(=O)O. The van der Waals surface area contributed by atoms with Crippen molar-refractivity contribution < 1.29 is 19.4 Å². The number of carboxylic acids is 1. The van der Waals surface area contributed by atoms with Gasteiger partial charge in [0.25, 0.3) is 5.91 Å². The van der Waals surface area contributed by atoms with Gasteiger partial charge in [-0.3, -0.25) is 4.79 Å². The maximum absolute atomic E-state index is 11.8. The summed E-state index contributed by atoms with van der Waals surface area (Å²) in [6, 6.07) is 7.66. The summed E-state index contributed by atoms with van der Waals surface area (Å²) in [6.45, 7) is 0.477. The van der Waals surface area contributed by atoms with Crippen molar-refractivity contribution in [2.24, 2.45) is 0 Å². The maximum atomic E-state index is 11.8. The van der Waals surface area contributed by atoms with Crippen molar-refractivity contribution in [2.45, 2.75) is 18.9 Å². The van der Waals surface area contributed by atoms with Gasteiger partial charge in [0.1, 0.15) is 6.04 Å². The van der Waals surface area contributed by atoms with Gasteiger partial charge >= 0.3 is 5.97 Å². The van der Waals surface area contributed by atoms with Gasteiger partial charge in [0.2, 0.25) is 0 Å². The molecule has 0 aliphatic rings. The van der Waals surface area contributed by atoms with E-state index in [0.717, 1.165) is 0 Å². The molecule has 5 nitrogen and oxygen atoms in total. The van der Waals surface area contributed by atoms with E-state index in [2.05, 4.69) is 5.32 Å². The van der Waals surface area contributed by atoms with Crippen molar-refractivity contribution >= 4 is 11.9 Å². The Labute approximate surface area is 106 Å². The minimum absolute atomic E-state index is 0.349. The van der Waals surface area contributed by atoms with E-state index in [0.29, 0.717) is 25.0 Å². The van der Waals surface area contributed by atoms with Gasteiger partial charge in [0.15, 0.2) is 0 Å². The number of hydrogen-bond donors (Lipinski definition) is 2. The van der Waals surface area contributed by atoms with Gasteiger partial charge in [0.05, 0.1) is 0 Å². The lowest BCUT2D eigenvalue weighted by atomic mass is 10.1. The molecule has 1 rings (SSSR count). The van der Waals surface area contributed by atoms with E-state index in [9.17, 15) is 9.59 Å². The van der Waals surface area contributed by atoms with Gasteiger partial charge in [0, 0.05) is 19.3 Å². The number of nitrogens with one attached hydrogen (secondary N) is 1. The van der Waals surface area contributed by atoms with Crippen LogP contribution in [-0.2, 0) is 9.53 Å². The Kier molecular flexibility index (Phi) is 5.87. The molecule has 0 saturated carbocycles. The number of aliphatic carboxylic acids is 1. The van der Waals surface area contributed by atoms with Crippen LogP contribution in [0, 0.1) is 0 Å². The van der Waals surface area contributed by atoms with Crippen LogP contribution in [0.4, 0.5) is 0 Å². The van der Waals surface area contributed by atoms with Gasteiger partial charge in [-0.2, -0.15) is 0 Å². The second kappa shape index (κ2) is 7.45. The smallest absolute Gasteiger partial charge is 0.326 e. The summed E-state index contributed by atoms with van der Waals surface area (Å²) in [5, 5.41) is 11.5. The second-order valence-corrected chi connectivity index (χ2v) is 3.87. The molecule has 1 atom stereocenters. The van der Waals surface area contributed by atoms with Gasteiger partial charge in [-0.15, -0.1) is 0 Å². The highest BCUT2D eigenvalue weighted by atomic mass is 16.5. The molecule has 1 aromatic rings. The Hall–Kier alpha value is -1.88. The molecule has 0 aliphatic carbocycles. The Balaban J connectivity index is 2.55. The summed E-state index contributed by atoms with van der Waals surface area (Å²) in [5.41, 5.74) is 0.454. The zero-order valence-corrected chi connectivity index (χ0v) is 10.3. The molecule has 0 fully saturated rings. The van der Waals surface area contributed by atoms with Crippen molar-refractivity contribution in [3.05, 3.63) is 35.9 Å². The van der Waals surface area contributed by atoms with Crippen LogP contribution in [-0.4, -0.2) is 36.7 Å². The predicted molar refractivity (Wildman–Crippen MR) is 66.4 cm³/mol. The lowest BCUT2D eigenvalue weighted by molar-refractivity contribution is -0.139. The predicted octanol–water partition coefficient (Wildman–Crippen LogP) is 1.30. The minimum Gasteiger partial charge on any atom is -0.480 e. The fourth-order valence-corrected chi connectivity index (χ4v) is 1.52. The molecule has 5 heteroatoms. The van der Waals surface area contributed by atoms with Crippen molar-refractivity contribution in [1.82, 2.24) is 5.32 Å². The molecule has 0 radical (unpaired) electrons. The molecule has 1 aromatic carbocycles. The molecule has 1 unspecified atom stereocenters. The molecule has 0 bridgehead atoms. The standard InChI is InChI=1S/C13H17NO4/c1-18-9-5-8-11(13(16)17)14-12(15)10-6-3-2-4-7-10/h2-4,6-7,11H,5,8-9H2,1H3,(H,14,15)(H,16,17). The van der Waals surface area contributed by atoms with E-state index in [1.54, 1.807) is 37.4 Å². The van der Waals surface area contributed by atoms with Crippen molar-refractivity contribution in [3.8, 4) is 0 Å². The largest absolute Gasteiger partial charge is 0.480 e. The average Bonchev–Trinajstić information content (AvgIpc) is 2.38. The fraction of sp³-hybridized carbons (Fsp3) is 0.385.